The molecule has 0 radical (unpaired) electrons. The molecular formula is C37H36S. The zero-order chi connectivity index (χ0) is 27.4. The summed E-state index contributed by atoms with van der Waals surface area (Å²) in [5.74, 6) is 10.5. The summed E-state index contributed by atoms with van der Waals surface area (Å²) in [7, 11) is 0. The van der Waals surface area contributed by atoms with Crippen LogP contribution in [0, 0.1) is 54.8 Å². The van der Waals surface area contributed by atoms with Gasteiger partial charge in [0.15, 0.2) is 0 Å². The molecule has 38 heavy (non-hydrogen) atoms. The van der Waals surface area contributed by atoms with E-state index < -0.39 is 0 Å². The number of aryl methyl sites for hydroxylation is 1. The average molecular weight is 513 g/mol. The minimum absolute atomic E-state index is 0.325. The lowest BCUT2D eigenvalue weighted by Crippen LogP contribution is -2.50. The molecule has 0 saturated heterocycles. The van der Waals surface area contributed by atoms with Crippen molar-refractivity contribution in [3.63, 3.8) is 0 Å². The first-order valence-electron chi connectivity index (χ1n) is 13.4. The van der Waals surface area contributed by atoms with Crippen molar-refractivity contribution in [1.82, 2.24) is 0 Å². The van der Waals surface area contributed by atoms with Crippen LogP contribution in [0.25, 0.3) is 5.57 Å². The van der Waals surface area contributed by atoms with Crippen molar-refractivity contribution in [2.45, 2.75) is 53.4 Å². The van der Waals surface area contributed by atoms with E-state index in [2.05, 4.69) is 88.9 Å². The summed E-state index contributed by atoms with van der Waals surface area (Å²) >= 11 is 4.87. The van der Waals surface area contributed by atoms with E-state index in [9.17, 15) is 0 Å². The number of thiol groups is 1. The number of fused-ring (bicyclic) bond motifs is 3. The first-order chi connectivity index (χ1) is 18.1. The van der Waals surface area contributed by atoms with E-state index in [0.29, 0.717) is 5.92 Å². The molecular weight excluding hydrogens is 476 g/mol. The van der Waals surface area contributed by atoms with Crippen LogP contribution < -0.4 is 0 Å². The maximum Gasteiger partial charge on any atom is 0.0494 e. The zero-order valence-electron chi connectivity index (χ0n) is 23.1. The van der Waals surface area contributed by atoms with Crippen LogP contribution in [0.3, 0.4) is 0 Å². The molecule has 0 saturated carbocycles. The Kier molecular flexibility index (Phi) is 6.50. The van der Waals surface area contributed by atoms with Crippen molar-refractivity contribution < 1.29 is 0 Å². The predicted octanol–water partition coefficient (Wildman–Crippen LogP) is 8.76. The van der Waals surface area contributed by atoms with Gasteiger partial charge in [0.2, 0.25) is 0 Å². The van der Waals surface area contributed by atoms with E-state index in [0.717, 1.165) is 52.9 Å². The fourth-order valence-corrected chi connectivity index (χ4v) is 7.88. The number of rotatable bonds is 2. The van der Waals surface area contributed by atoms with Crippen molar-refractivity contribution in [2.24, 2.45) is 16.7 Å². The third-order valence-electron chi connectivity index (χ3n) is 9.66. The molecule has 0 amide bonds. The first-order valence-corrected chi connectivity index (χ1v) is 13.8. The van der Waals surface area contributed by atoms with Crippen molar-refractivity contribution in [1.29, 1.82) is 0 Å². The van der Waals surface area contributed by atoms with Gasteiger partial charge in [0.05, 0.1) is 0 Å². The van der Waals surface area contributed by atoms with Gasteiger partial charge in [0, 0.05) is 22.8 Å². The van der Waals surface area contributed by atoms with Crippen LogP contribution in [0.5, 0.6) is 0 Å². The lowest BCUT2D eigenvalue weighted by molar-refractivity contribution is 0.136. The molecule has 2 aromatic carbocycles. The van der Waals surface area contributed by atoms with E-state index in [-0.39, 0.29) is 10.8 Å². The number of hydrogen-bond donors (Lipinski definition) is 1. The highest BCUT2D eigenvalue weighted by atomic mass is 32.1. The maximum atomic E-state index is 6.39. The Morgan fingerprint density at radius 2 is 1.87 bits per heavy atom. The van der Waals surface area contributed by atoms with Gasteiger partial charge in [-0.2, -0.15) is 0 Å². The number of terminal acetylenes is 1. The van der Waals surface area contributed by atoms with Crippen LogP contribution in [0.1, 0.15) is 60.1 Å². The summed E-state index contributed by atoms with van der Waals surface area (Å²) in [6.07, 6.45) is 11.6. The molecule has 0 nitrogen and oxygen atoms in total. The van der Waals surface area contributed by atoms with E-state index >= 15 is 0 Å². The monoisotopic (exact) mass is 512 g/mol. The Morgan fingerprint density at radius 1 is 1.16 bits per heavy atom. The molecule has 0 spiro atoms. The second kappa shape index (κ2) is 9.42. The van der Waals surface area contributed by atoms with E-state index in [1.165, 1.54) is 39.0 Å². The van der Waals surface area contributed by atoms with Crippen LogP contribution in [-0.4, -0.2) is 0 Å². The Balaban J connectivity index is 1.63. The fraction of sp³-hybridized carbons (Fsp3) is 0.297. The first kappa shape index (κ1) is 26.2. The smallest absolute Gasteiger partial charge is 0.0494 e. The minimum Gasteiger partial charge on any atom is -0.147 e. The van der Waals surface area contributed by atoms with E-state index in [4.69, 9.17) is 25.6 Å². The number of hydrogen-bond acceptors (Lipinski definition) is 1. The summed E-state index contributed by atoms with van der Waals surface area (Å²) in [5, 5.41) is 0. The van der Waals surface area contributed by atoms with Gasteiger partial charge in [-0.15, -0.1) is 19.1 Å². The highest BCUT2D eigenvalue weighted by molar-refractivity contribution is 7.84. The Morgan fingerprint density at radius 3 is 2.53 bits per heavy atom. The predicted molar refractivity (Wildman–Crippen MR) is 166 cm³/mol. The second-order valence-corrected chi connectivity index (χ2v) is 11.9. The van der Waals surface area contributed by atoms with Gasteiger partial charge in [-0.05, 0) is 107 Å². The van der Waals surface area contributed by atoms with Crippen molar-refractivity contribution in [2.75, 3.05) is 0 Å². The lowest BCUT2D eigenvalue weighted by Gasteiger charge is -2.57. The van der Waals surface area contributed by atoms with Crippen LogP contribution in [-0.2, 0) is 12.8 Å². The maximum absolute atomic E-state index is 6.39. The highest BCUT2D eigenvalue weighted by Gasteiger charge is 2.58. The Hall–Kier alpha value is -3.39. The molecule has 0 N–H and O–H groups in total. The lowest BCUT2D eigenvalue weighted by atomic mass is 9.45. The standard InChI is InChI=1S/C37H36S/c1-9-31-26(6)36(8)27(7)35-25(5)34-24(4)29(18-14-17-28-15-12-11-13-16-28)19-23(3)32(34)20-30(35)21-37(36,10-2)22-33(31)38/h2,9,11-13,15-16,19,30,38H,1,5-6,17,20-22H2,3-4,7-8H3. The van der Waals surface area contributed by atoms with Crippen LogP contribution >= 0.6 is 12.6 Å². The zero-order valence-corrected chi connectivity index (χ0v) is 24.0. The normalized spacial score (nSPS) is 26.1. The quantitative estimate of drug-likeness (QED) is 0.302. The van der Waals surface area contributed by atoms with E-state index in [1.807, 2.05) is 12.1 Å². The molecule has 3 unspecified atom stereocenters. The average Bonchev–Trinajstić information content (AvgIpc) is 2.89. The summed E-state index contributed by atoms with van der Waals surface area (Å²) in [6, 6.07) is 12.7. The summed E-state index contributed by atoms with van der Waals surface area (Å²) in [5.41, 5.74) is 12.6. The number of allylic oxidation sites excluding steroid dienone is 7. The van der Waals surface area contributed by atoms with Crippen LogP contribution in [0.4, 0.5) is 0 Å². The van der Waals surface area contributed by atoms with Gasteiger partial charge in [0.1, 0.15) is 0 Å². The van der Waals surface area contributed by atoms with Crippen molar-refractivity contribution in [3.05, 3.63) is 123 Å². The highest BCUT2D eigenvalue weighted by Crippen LogP contribution is 2.67. The molecule has 190 valence electrons. The fourth-order valence-electron chi connectivity index (χ4n) is 7.38. The van der Waals surface area contributed by atoms with Crippen LogP contribution in [0.2, 0.25) is 0 Å². The molecule has 0 bridgehead atoms. The Bertz CT molecular complexity index is 1570. The van der Waals surface area contributed by atoms with E-state index in [1.54, 1.807) is 0 Å². The largest absolute Gasteiger partial charge is 0.147 e. The van der Waals surface area contributed by atoms with Gasteiger partial charge in [0.25, 0.3) is 0 Å². The van der Waals surface area contributed by atoms with Gasteiger partial charge in [-0.25, -0.2) is 0 Å². The van der Waals surface area contributed by atoms with Crippen molar-refractivity contribution in [3.8, 4) is 24.2 Å². The molecule has 3 aliphatic rings. The third-order valence-corrected chi connectivity index (χ3v) is 10.1. The molecule has 1 heteroatoms. The summed E-state index contributed by atoms with van der Waals surface area (Å²) in [6.45, 7) is 22.3. The molecule has 0 aliphatic heterocycles. The third kappa shape index (κ3) is 3.64. The molecule has 0 fully saturated rings. The minimum atomic E-state index is -0.375. The second-order valence-electron chi connectivity index (χ2n) is 11.4. The molecule has 3 atom stereocenters. The molecule has 5 rings (SSSR count). The van der Waals surface area contributed by atoms with Gasteiger partial charge in [-0.3, -0.25) is 0 Å². The SMILES string of the molecule is C#CC12CC(S)=C(C=C)C(=C)C1(C)C(C)=C1C(=C)c3c(C)c(C#CCc4ccccc4)cc(C)c3CC1C2. The van der Waals surface area contributed by atoms with Gasteiger partial charge >= 0.3 is 0 Å². The molecule has 0 aromatic heterocycles. The summed E-state index contributed by atoms with van der Waals surface area (Å²) in [4.78, 5) is 0.998. The topological polar surface area (TPSA) is 0 Å². The van der Waals surface area contributed by atoms with Crippen LogP contribution in [0.15, 0.2) is 89.4 Å². The number of benzene rings is 2. The molecule has 2 aromatic rings. The molecule has 3 aliphatic carbocycles. The summed E-state index contributed by atoms with van der Waals surface area (Å²) < 4.78 is 0. The molecule has 0 heterocycles. The van der Waals surface area contributed by atoms with Gasteiger partial charge < -0.3 is 0 Å². The van der Waals surface area contributed by atoms with Gasteiger partial charge in [-0.1, -0.05) is 86.4 Å². The Labute approximate surface area is 234 Å². The van der Waals surface area contributed by atoms with Crippen molar-refractivity contribution >= 4 is 18.2 Å².